The quantitative estimate of drug-likeness (QED) is 0.164. The number of aliphatic carboxylic acids is 2. The van der Waals surface area contributed by atoms with E-state index in [1.807, 2.05) is 0 Å². The summed E-state index contributed by atoms with van der Waals surface area (Å²) >= 11 is 0. The van der Waals surface area contributed by atoms with Gasteiger partial charge in [0.1, 0.15) is 18.1 Å². The molecule has 0 spiro atoms. The molecule has 5 unspecified atom stereocenters. The van der Waals surface area contributed by atoms with Crippen LogP contribution in [-0.2, 0) is 24.0 Å². The zero-order valence-electron chi connectivity index (χ0n) is 18.3. The molecular weight excluding hydrogens is 412 g/mol. The molecule has 8 N–H and O–H groups in total. The Morgan fingerprint density at radius 3 is 1.81 bits per heavy atom. The second-order valence-corrected chi connectivity index (χ2v) is 7.85. The van der Waals surface area contributed by atoms with E-state index in [1.165, 1.54) is 0 Å². The van der Waals surface area contributed by atoms with Crippen LogP contribution in [0.4, 0.5) is 0 Å². The van der Waals surface area contributed by atoms with Gasteiger partial charge in [0, 0.05) is 0 Å². The minimum atomic E-state index is -1.47. The molecule has 0 bridgehead atoms. The number of nitrogens with two attached hydrogens (primary N) is 1. The van der Waals surface area contributed by atoms with Gasteiger partial charge in [-0.2, -0.15) is 0 Å². The van der Waals surface area contributed by atoms with Crippen molar-refractivity contribution in [2.75, 3.05) is 6.61 Å². The van der Waals surface area contributed by atoms with Crippen LogP contribution >= 0.6 is 0 Å². The van der Waals surface area contributed by atoms with Crippen LogP contribution in [0.25, 0.3) is 0 Å². The highest BCUT2D eigenvalue weighted by molar-refractivity contribution is 5.94. The fraction of sp³-hybridized carbons (Fsp3) is 0.737. The third kappa shape index (κ3) is 10.2. The first-order chi connectivity index (χ1) is 14.3. The number of carboxylic acids is 2. The van der Waals surface area contributed by atoms with Crippen LogP contribution in [0, 0.1) is 11.8 Å². The predicted molar refractivity (Wildman–Crippen MR) is 110 cm³/mol. The van der Waals surface area contributed by atoms with E-state index in [1.54, 1.807) is 27.7 Å². The van der Waals surface area contributed by atoms with Gasteiger partial charge in [-0.05, 0) is 18.3 Å². The minimum absolute atomic E-state index is 0.0471. The van der Waals surface area contributed by atoms with Gasteiger partial charge in [0.15, 0.2) is 0 Å². The van der Waals surface area contributed by atoms with Crippen molar-refractivity contribution in [2.24, 2.45) is 17.6 Å². The van der Waals surface area contributed by atoms with Gasteiger partial charge in [-0.15, -0.1) is 0 Å². The topological polar surface area (TPSA) is 208 Å². The average Bonchev–Trinajstić information content (AvgIpc) is 2.67. The van der Waals surface area contributed by atoms with Crippen molar-refractivity contribution in [3.63, 3.8) is 0 Å². The molecule has 178 valence electrons. The predicted octanol–water partition coefficient (Wildman–Crippen LogP) is -1.59. The Kier molecular flexibility index (Phi) is 12.4. The maximum absolute atomic E-state index is 12.7. The molecule has 12 nitrogen and oxygen atoms in total. The molecule has 0 saturated carbocycles. The average molecular weight is 447 g/mol. The lowest BCUT2D eigenvalue weighted by atomic mass is 9.97. The monoisotopic (exact) mass is 446 g/mol. The molecule has 0 saturated heterocycles. The van der Waals surface area contributed by atoms with Gasteiger partial charge in [-0.1, -0.05) is 34.1 Å². The van der Waals surface area contributed by atoms with E-state index < -0.39 is 66.9 Å². The van der Waals surface area contributed by atoms with E-state index >= 15 is 0 Å². The van der Waals surface area contributed by atoms with E-state index in [9.17, 15) is 34.2 Å². The van der Waals surface area contributed by atoms with Gasteiger partial charge in [-0.25, -0.2) is 4.79 Å². The zero-order chi connectivity index (χ0) is 24.3. The first-order valence-corrected chi connectivity index (χ1v) is 10.1. The summed E-state index contributed by atoms with van der Waals surface area (Å²) in [4.78, 5) is 59.3. The number of carbonyl (C=O) groups excluding carboxylic acids is 3. The number of nitrogens with one attached hydrogen (secondary N) is 3. The Hall–Kier alpha value is -2.73. The molecule has 0 heterocycles. The van der Waals surface area contributed by atoms with Gasteiger partial charge >= 0.3 is 11.9 Å². The number of carbonyl (C=O) groups is 5. The first kappa shape index (κ1) is 28.3. The fourth-order valence-electron chi connectivity index (χ4n) is 2.67. The summed E-state index contributed by atoms with van der Waals surface area (Å²) in [5.74, 6) is -5.47. The number of hydrogen-bond donors (Lipinski definition) is 7. The lowest BCUT2D eigenvalue weighted by Crippen LogP contribution is -2.58. The highest BCUT2D eigenvalue weighted by Crippen LogP contribution is 2.11. The number of carboxylic acid groups (broad SMARTS) is 2. The molecule has 0 aliphatic carbocycles. The molecule has 0 radical (unpaired) electrons. The van der Waals surface area contributed by atoms with Crippen LogP contribution in [0.15, 0.2) is 0 Å². The normalized spacial score (nSPS) is 15.8. The highest BCUT2D eigenvalue weighted by Gasteiger charge is 2.32. The second-order valence-electron chi connectivity index (χ2n) is 7.85. The Morgan fingerprint density at radius 2 is 1.39 bits per heavy atom. The van der Waals surface area contributed by atoms with E-state index in [0.29, 0.717) is 6.42 Å². The van der Waals surface area contributed by atoms with Crippen molar-refractivity contribution >= 4 is 29.7 Å². The Labute approximate surface area is 180 Å². The SMILES string of the molecule is CCC(C)C(NC(=O)C(CC(C)C)NC(=O)C(CO)NC(=O)C(N)CC(=O)O)C(=O)O. The Bertz CT molecular complexity index is 655. The van der Waals surface area contributed by atoms with Crippen molar-refractivity contribution in [3.8, 4) is 0 Å². The van der Waals surface area contributed by atoms with Crippen molar-refractivity contribution in [3.05, 3.63) is 0 Å². The van der Waals surface area contributed by atoms with Gasteiger partial charge in [0.2, 0.25) is 17.7 Å². The molecule has 5 atom stereocenters. The van der Waals surface area contributed by atoms with E-state index in [2.05, 4.69) is 16.0 Å². The van der Waals surface area contributed by atoms with Crippen LogP contribution in [-0.4, -0.2) is 75.8 Å². The van der Waals surface area contributed by atoms with Crippen LogP contribution < -0.4 is 21.7 Å². The van der Waals surface area contributed by atoms with E-state index in [-0.39, 0.29) is 18.3 Å². The second kappa shape index (κ2) is 13.5. The molecule has 31 heavy (non-hydrogen) atoms. The zero-order valence-corrected chi connectivity index (χ0v) is 18.3. The molecule has 0 fully saturated rings. The number of amides is 3. The summed E-state index contributed by atoms with van der Waals surface area (Å²) in [5.41, 5.74) is 5.44. The lowest BCUT2D eigenvalue weighted by molar-refractivity contribution is -0.144. The third-order valence-electron chi connectivity index (χ3n) is 4.66. The summed E-state index contributed by atoms with van der Waals surface area (Å²) in [7, 11) is 0. The third-order valence-corrected chi connectivity index (χ3v) is 4.66. The van der Waals surface area contributed by atoms with Crippen LogP contribution in [0.5, 0.6) is 0 Å². The summed E-state index contributed by atoms with van der Waals surface area (Å²) in [6.45, 7) is 6.23. The molecule has 0 rings (SSSR count). The standard InChI is InChI=1S/C19H34N4O8/c1-5-10(4)15(19(30)31)23-17(28)12(6-9(2)3)21-18(29)13(8-24)22-16(27)11(20)7-14(25)26/h9-13,15,24H,5-8,20H2,1-4H3,(H,21,29)(H,22,27)(H,23,28)(H,25,26)(H,30,31). The number of aliphatic hydroxyl groups is 1. The Morgan fingerprint density at radius 1 is 0.871 bits per heavy atom. The summed E-state index contributed by atoms with van der Waals surface area (Å²) in [6.07, 6.45) is 0.0128. The number of aliphatic hydroxyl groups excluding tert-OH is 1. The molecule has 0 aliphatic heterocycles. The van der Waals surface area contributed by atoms with Crippen molar-refractivity contribution in [2.45, 2.75) is 71.1 Å². The first-order valence-electron chi connectivity index (χ1n) is 10.1. The van der Waals surface area contributed by atoms with Crippen molar-refractivity contribution in [1.82, 2.24) is 16.0 Å². The highest BCUT2D eigenvalue weighted by atomic mass is 16.4. The minimum Gasteiger partial charge on any atom is -0.481 e. The van der Waals surface area contributed by atoms with Gasteiger partial charge in [0.25, 0.3) is 0 Å². The van der Waals surface area contributed by atoms with Crippen LogP contribution in [0.1, 0.15) is 47.0 Å². The van der Waals surface area contributed by atoms with Crippen molar-refractivity contribution in [1.29, 1.82) is 0 Å². The molecule has 12 heteroatoms. The lowest BCUT2D eigenvalue weighted by Gasteiger charge is -2.26. The maximum Gasteiger partial charge on any atom is 0.326 e. The van der Waals surface area contributed by atoms with Crippen molar-refractivity contribution < 1.29 is 39.3 Å². The summed E-state index contributed by atoms with van der Waals surface area (Å²) < 4.78 is 0. The molecule has 0 aliphatic rings. The Balaban J connectivity index is 5.32. The van der Waals surface area contributed by atoms with E-state index in [4.69, 9.17) is 10.8 Å². The van der Waals surface area contributed by atoms with Gasteiger partial charge in [-0.3, -0.25) is 19.2 Å². The fourth-order valence-corrected chi connectivity index (χ4v) is 2.67. The molecule has 0 aromatic carbocycles. The van der Waals surface area contributed by atoms with Gasteiger partial charge in [0.05, 0.1) is 19.1 Å². The summed E-state index contributed by atoms with van der Waals surface area (Å²) in [5, 5.41) is 34.5. The molecule has 3 amide bonds. The number of rotatable bonds is 14. The largest absolute Gasteiger partial charge is 0.481 e. The van der Waals surface area contributed by atoms with Crippen LogP contribution in [0.3, 0.4) is 0 Å². The summed E-state index contributed by atoms with van der Waals surface area (Å²) in [6, 6.07) is -5.16. The van der Waals surface area contributed by atoms with Crippen LogP contribution in [0.2, 0.25) is 0 Å². The molecular formula is C19H34N4O8. The maximum atomic E-state index is 12.7. The van der Waals surface area contributed by atoms with Gasteiger partial charge < -0.3 is 37.0 Å². The number of hydrogen-bond acceptors (Lipinski definition) is 7. The molecule has 0 aromatic heterocycles. The molecule has 0 aromatic rings. The smallest absolute Gasteiger partial charge is 0.326 e. The van der Waals surface area contributed by atoms with E-state index in [0.717, 1.165) is 0 Å².